The Bertz CT molecular complexity index is 1510. The van der Waals surface area contributed by atoms with Crippen LogP contribution in [0.15, 0.2) is 60.9 Å². The van der Waals surface area contributed by atoms with Crippen LogP contribution in [0.2, 0.25) is 0 Å². The SMILES string of the molecule is CC(=O)O.CC(=O)O.CN1CCN(C2CCC(n3nc(-c4ccc(NCc5ccccc5)cc4)c4c(N)ncnc43)CC2)CC1. The first-order chi connectivity index (χ1) is 21.6. The molecule has 2 aromatic carbocycles. The summed E-state index contributed by atoms with van der Waals surface area (Å²) in [6.45, 7) is 7.66. The maximum absolute atomic E-state index is 9.00. The molecule has 4 aromatic rings. The van der Waals surface area contributed by atoms with Gasteiger partial charge in [0.2, 0.25) is 0 Å². The number of hydrogen-bond acceptors (Lipinski definition) is 9. The molecular weight excluding hydrogens is 572 g/mol. The van der Waals surface area contributed by atoms with E-state index in [4.69, 9.17) is 30.6 Å². The molecule has 5 N–H and O–H groups in total. The second-order valence-electron chi connectivity index (χ2n) is 11.5. The molecule has 1 saturated heterocycles. The third-order valence-corrected chi connectivity index (χ3v) is 8.08. The zero-order chi connectivity index (χ0) is 32.3. The second-order valence-corrected chi connectivity index (χ2v) is 11.5. The Morgan fingerprint density at radius 1 is 0.867 bits per heavy atom. The van der Waals surface area contributed by atoms with E-state index in [0.717, 1.165) is 61.2 Å². The summed E-state index contributed by atoms with van der Waals surface area (Å²) in [5.41, 5.74) is 11.4. The van der Waals surface area contributed by atoms with Crippen molar-refractivity contribution < 1.29 is 19.8 Å². The minimum Gasteiger partial charge on any atom is -0.481 e. The Morgan fingerprint density at radius 2 is 1.44 bits per heavy atom. The summed E-state index contributed by atoms with van der Waals surface area (Å²) >= 11 is 0. The molecule has 0 bridgehead atoms. The zero-order valence-electron chi connectivity index (χ0n) is 26.3. The third kappa shape index (κ3) is 9.47. The molecule has 0 amide bonds. The average Bonchev–Trinajstić information content (AvgIpc) is 3.42. The van der Waals surface area contributed by atoms with Gasteiger partial charge in [0, 0.05) is 63.9 Å². The Labute approximate surface area is 263 Å². The minimum atomic E-state index is -0.833. The van der Waals surface area contributed by atoms with Crippen molar-refractivity contribution in [3.05, 3.63) is 66.5 Å². The molecule has 0 unspecified atom stereocenters. The summed E-state index contributed by atoms with van der Waals surface area (Å²) < 4.78 is 2.13. The van der Waals surface area contributed by atoms with Crippen molar-refractivity contribution in [3.8, 4) is 11.3 Å². The van der Waals surface area contributed by atoms with Crippen LogP contribution >= 0.6 is 0 Å². The Morgan fingerprint density at radius 3 is 2.04 bits per heavy atom. The number of aromatic nitrogens is 4. The van der Waals surface area contributed by atoms with Crippen LogP contribution in [-0.4, -0.2) is 91.0 Å². The maximum Gasteiger partial charge on any atom is 0.300 e. The van der Waals surface area contributed by atoms with Crippen molar-refractivity contribution in [2.45, 2.75) is 58.2 Å². The van der Waals surface area contributed by atoms with Crippen LogP contribution in [0, 0.1) is 0 Å². The molecule has 12 nitrogen and oxygen atoms in total. The number of likely N-dealkylation sites (N-methyl/N-ethyl adjacent to an activating group) is 1. The molecule has 2 fully saturated rings. The van der Waals surface area contributed by atoms with E-state index >= 15 is 0 Å². The van der Waals surface area contributed by atoms with Gasteiger partial charge in [-0.1, -0.05) is 42.5 Å². The van der Waals surface area contributed by atoms with Gasteiger partial charge in [-0.25, -0.2) is 14.6 Å². The molecular formula is C33H44N8O4. The normalized spacial score (nSPS) is 18.6. The Kier molecular flexibility index (Phi) is 11.8. The molecule has 0 radical (unpaired) electrons. The van der Waals surface area contributed by atoms with E-state index in [2.05, 4.69) is 85.3 Å². The zero-order valence-corrected chi connectivity index (χ0v) is 26.3. The molecule has 240 valence electrons. The molecule has 0 atom stereocenters. The first-order valence-electron chi connectivity index (χ1n) is 15.3. The molecule has 3 heterocycles. The minimum absolute atomic E-state index is 0.334. The Balaban J connectivity index is 0.000000518. The van der Waals surface area contributed by atoms with E-state index in [1.807, 2.05) is 6.07 Å². The van der Waals surface area contributed by atoms with Crippen LogP contribution in [0.1, 0.15) is 51.1 Å². The largest absolute Gasteiger partial charge is 0.481 e. The second kappa shape index (κ2) is 16.0. The average molecular weight is 617 g/mol. The number of nitrogens with one attached hydrogen (secondary N) is 1. The molecule has 12 heteroatoms. The molecule has 1 saturated carbocycles. The number of aliphatic carboxylic acids is 2. The molecule has 1 aliphatic heterocycles. The standard InChI is InChI=1S/C29H36N8.2C2H4O2/c1-35-15-17-36(18-16-35)24-11-13-25(14-12-24)37-29-26(28(30)32-20-33-29)27(34-37)22-7-9-23(10-8-22)31-19-21-5-3-2-4-6-21;2*1-2(3)4/h2-10,20,24-25,31H,11-19H2,1H3,(H2,30,32,33);2*1H3,(H,3,4). The van der Waals surface area contributed by atoms with Crippen LogP contribution in [-0.2, 0) is 16.1 Å². The van der Waals surface area contributed by atoms with Gasteiger partial charge in [-0.15, -0.1) is 0 Å². The van der Waals surface area contributed by atoms with E-state index in [-0.39, 0.29) is 0 Å². The van der Waals surface area contributed by atoms with Crippen LogP contribution in [0.25, 0.3) is 22.3 Å². The van der Waals surface area contributed by atoms with Crippen molar-refractivity contribution in [3.63, 3.8) is 0 Å². The van der Waals surface area contributed by atoms with E-state index in [9.17, 15) is 0 Å². The fourth-order valence-corrected chi connectivity index (χ4v) is 5.85. The summed E-state index contributed by atoms with van der Waals surface area (Å²) in [7, 11) is 2.22. The number of piperazine rings is 1. The number of carboxylic acid groups (broad SMARTS) is 2. The van der Waals surface area contributed by atoms with Crippen LogP contribution in [0.5, 0.6) is 0 Å². The molecule has 1 aliphatic carbocycles. The number of nitrogens with two attached hydrogens (primary N) is 1. The first-order valence-corrected chi connectivity index (χ1v) is 15.3. The van der Waals surface area contributed by atoms with Gasteiger partial charge in [-0.05, 0) is 50.4 Å². The highest BCUT2D eigenvalue weighted by Gasteiger charge is 2.30. The summed E-state index contributed by atoms with van der Waals surface area (Å²) in [4.78, 5) is 32.1. The van der Waals surface area contributed by atoms with Crippen molar-refractivity contribution in [1.82, 2.24) is 29.5 Å². The van der Waals surface area contributed by atoms with Gasteiger partial charge in [0.1, 0.15) is 17.8 Å². The number of anilines is 2. The van der Waals surface area contributed by atoms with Gasteiger partial charge in [-0.2, -0.15) is 5.10 Å². The fraction of sp³-hybridized carbons (Fsp3) is 0.424. The highest BCUT2D eigenvalue weighted by Crippen LogP contribution is 2.37. The lowest BCUT2D eigenvalue weighted by Gasteiger charge is -2.41. The van der Waals surface area contributed by atoms with Gasteiger partial charge >= 0.3 is 0 Å². The number of carboxylic acids is 2. The highest BCUT2D eigenvalue weighted by atomic mass is 16.4. The van der Waals surface area contributed by atoms with Crippen molar-refractivity contribution in [1.29, 1.82) is 0 Å². The molecule has 0 spiro atoms. The van der Waals surface area contributed by atoms with Gasteiger partial charge in [0.25, 0.3) is 11.9 Å². The Hall–Kier alpha value is -4.55. The van der Waals surface area contributed by atoms with Gasteiger partial charge < -0.3 is 26.2 Å². The predicted octanol–water partition coefficient (Wildman–Crippen LogP) is 4.60. The number of rotatable bonds is 6. The molecule has 2 aromatic heterocycles. The number of nitrogens with zero attached hydrogens (tertiary/aromatic N) is 6. The van der Waals surface area contributed by atoms with Crippen LogP contribution in [0.3, 0.4) is 0 Å². The number of fused-ring (bicyclic) bond motifs is 1. The maximum atomic E-state index is 9.00. The fourth-order valence-electron chi connectivity index (χ4n) is 5.85. The van der Waals surface area contributed by atoms with Gasteiger partial charge in [0.05, 0.1) is 11.4 Å². The summed E-state index contributed by atoms with van der Waals surface area (Å²) in [5.74, 6) is -1.18. The van der Waals surface area contributed by atoms with Gasteiger partial charge in [-0.3, -0.25) is 14.5 Å². The van der Waals surface area contributed by atoms with E-state index in [0.29, 0.717) is 17.9 Å². The number of benzene rings is 2. The van der Waals surface area contributed by atoms with Crippen LogP contribution < -0.4 is 11.1 Å². The van der Waals surface area contributed by atoms with Crippen molar-refractivity contribution >= 4 is 34.5 Å². The lowest BCUT2D eigenvalue weighted by molar-refractivity contribution is -0.135. The quantitative estimate of drug-likeness (QED) is 0.239. The number of nitrogen functional groups attached to an aromatic ring is 1. The smallest absolute Gasteiger partial charge is 0.300 e. The third-order valence-electron chi connectivity index (χ3n) is 8.08. The summed E-state index contributed by atoms with van der Waals surface area (Å²) in [5, 5.41) is 24.3. The molecule has 45 heavy (non-hydrogen) atoms. The van der Waals surface area contributed by atoms with E-state index in [1.165, 1.54) is 44.6 Å². The molecule has 6 rings (SSSR count). The van der Waals surface area contributed by atoms with Crippen molar-refractivity contribution in [2.75, 3.05) is 44.3 Å². The highest BCUT2D eigenvalue weighted by molar-refractivity contribution is 5.98. The first kappa shape index (κ1) is 33.3. The van der Waals surface area contributed by atoms with E-state index in [1.54, 1.807) is 6.33 Å². The predicted molar refractivity (Wildman–Crippen MR) is 176 cm³/mol. The topological polar surface area (TPSA) is 163 Å². The lowest BCUT2D eigenvalue weighted by atomic mass is 9.90. The van der Waals surface area contributed by atoms with Gasteiger partial charge in [0.15, 0.2) is 5.65 Å². The van der Waals surface area contributed by atoms with Crippen molar-refractivity contribution in [2.24, 2.45) is 0 Å². The summed E-state index contributed by atoms with van der Waals surface area (Å²) in [6, 6.07) is 19.9. The van der Waals surface area contributed by atoms with Crippen LogP contribution in [0.4, 0.5) is 11.5 Å². The monoisotopic (exact) mass is 616 g/mol. The van der Waals surface area contributed by atoms with E-state index < -0.39 is 11.9 Å². The number of hydrogen-bond donors (Lipinski definition) is 4. The number of carbonyl (C=O) groups is 2. The lowest BCUT2D eigenvalue weighted by Crippen LogP contribution is -2.49. The summed E-state index contributed by atoms with van der Waals surface area (Å²) in [6.07, 6.45) is 6.19. The molecule has 2 aliphatic rings.